The standard InChI is InChI=1S/C18H34N6OS.HI/c1-7-15-21-17(26-22-15)24-11-9-23(10-12-24)16(19-8-2)20-13-14(25-6)18(3,4)5;/h14H,7-13H2,1-6H3,(H,19,20);1H. The number of nitrogens with zero attached hydrogens (tertiary/aromatic N) is 5. The van der Waals surface area contributed by atoms with Crippen molar-refractivity contribution in [2.24, 2.45) is 10.4 Å². The fourth-order valence-electron chi connectivity index (χ4n) is 2.92. The maximum absolute atomic E-state index is 5.64. The molecule has 1 aromatic rings. The molecule has 1 N–H and O–H groups in total. The van der Waals surface area contributed by atoms with E-state index in [9.17, 15) is 0 Å². The van der Waals surface area contributed by atoms with Crippen LogP contribution in [0.2, 0.25) is 0 Å². The van der Waals surface area contributed by atoms with Crippen molar-refractivity contribution in [3.05, 3.63) is 5.82 Å². The van der Waals surface area contributed by atoms with Crippen molar-refractivity contribution in [3.8, 4) is 0 Å². The Labute approximate surface area is 185 Å². The van der Waals surface area contributed by atoms with E-state index < -0.39 is 0 Å². The van der Waals surface area contributed by atoms with Gasteiger partial charge in [-0.3, -0.25) is 4.99 Å². The van der Waals surface area contributed by atoms with Gasteiger partial charge in [-0.1, -0.05) is 27.7 Å². The number of methoxy groups -OCH3 is 1. The van der Waals surface area contributed by atoms with E-state index >= 15 is 0 Å². The average Bonchev–Trinajstić information content (AvgIpc) is 3.09. The van der Waals surface area contributed by atoms with Crippen LogP contribution in [0.15, 0.2) is 4.99 Å². The van der Waals surface area contributed by atoms with E-state index in [1.165, 1.54) is 11.5 Å². The number of piperazine rings is 1. The number of nitrogens with one attached hydrogen (secondary N) is 1. The van der Waals surface area contributed by atoms with E-state index in [-0.39, 0.29) is 35.5 Å². The molecule has 0 spiro atoms. The summed E-state index contributed by atoms with van der Waals surface area (Å²) in [6.07, 6.45) is 0.994. The summed E-state index contributed by atoms with van der Waals surface area (Å²) in [6, 6.07) is 0. The number of anilines is 1. The van der Waals surface area contributed by atoms with Crippen LogP contribution in [0.25, 0.3) is 0 Å². The summed E-state index contributed by atoms with van der Waals surface area (Å²) >= 11 is 1.50. The summed E-state index contributed by atoms with van der Waals surface area (Å²) in [7, 11) is 1.77. The van der Waals surface area contributed by atoms with Crippen molar-refractivity contribution < 1.29 is 4.74 Å². The highest BCUT2D eigenvalue weighted by Gasteiger charge is 2.26. The zero-order valence-electron chi connectivity index (χ0n) is 17.5. The maximum atomic E-state index is 5.64. The minimum Gasteiger partial charge on any atom is -0.379 e. The van der Waals surface area contributed by atoms with Crippen LogP contribution >= 0.6 is 35.5 Å². The van der Waals surface area contributed by atoms with E-state index in [1.807, 2.05) is 0 Å². The lowest BCUT2D eigenvalue weighted by Crippen LogP contribution is -2.53. The lowest BCUT2D eigenvalue weighted by atomic mass is 9.89. The molecule has 27 heavy (non-hydrogen) atoms. The quantitative estimate of drug-likeness (QED) is 0.361. The third kappa shape index (κ3) is 7.01. The zero-order chi connectivity index (χ0) is 19.2. The van der Waals surface area contributed by atoms with Crippen molar-refractivity contribution in [1.82, 2.24) is 19.6 Å². The van der Waals surface area contributed by atoms with Gasteiger partial charge >= 0.3 is 0 Å². The molecule has 0 aromatic carbocycles. The Hall–Kier alpha value is -0.680. The Morgan fingerprint density at radius 2 is 1.93 bits per heavy atom. The smallest absolute Gasteiger partial charge is 0.205 e. The number of aliphatic imine (C=N–C) groups is 1. The summed E-state index contributed by atoms with van der Waals surface area (Å²) in [4.78, 5) is 14.1. The van der Waals surface area contributed by atoms with Gasteiger partial charge in [-0.2, -0.15) is 4.37 Å². The van der Waals surface area contributed by atoms with Crippen LogP contribution in [0.5, 0.6) is 0 Å². The highest BCUT2D eigenvalue weighted by molar-refractivity contribution is 14.0. The molecule has 1 atom stereocenters. The Morgan fingerprint density at radius 1 is 1.26 bits per heavy atom. The summed E-state index contributed by atoms with van der Waals surface area (Å²) in [6.45, 7) is 16.0. The molecule has 7 nitrogen and oxygen atoms in total. The van der Waals surface area contributed by atoms with E-state index in [0.29, 0.717) is 6.54 Å². The van der Waals surface area contributed by atoms with Crippen molar-refractivity contribution in [2.75, 3.05) is 51.3 Å². The summed E-state index contributed by atoms with van der Waals surface area (Å²) in [5, 5.41) is 4.47. The number of halogens is 1. The zero-order valence-corrected chi connectivity index (χ0v) is 20.6. The summed E-state index contributed by atoms with van der Waals surface area (Å²) in [5.74, 6) is 1.92. The molecule has 2 heterocycles. The van der Waals surface area contributed by atoms with Crippen molar-refractivity contribution in [1.29, 1.82) is 0 Å². The van der Waals surface area contributed by atoms with E-state index in [2.05, 4.69) is 59.1 Å². The lowest BCUT2D eigenvalue weighted by molar-refractivity contribution is 0.0239. The first-order valence-corrected chi connectivity index (χ1v) is 10.3. The van der Waals surface area contributed by atoms with Gasteiger partial charge in [0.2, 0.25) is 5.13 Å². The molecule has 0 aliphatic carbocycles. The van der Waals surface area contributed by atoms with Crippen LogP contribution in [0.4, 0.5) is 5.13 Å². The number of rotatable bonds is 6. The molecule has 0 bridgehead atoms. The van der Waals surface area contributed by atoms with Gasteiger partial charge in [-0.25, -0.2) is 4.98 Å². The third-order valence-corrected chi connectivity index (χ3v) is 5.43. The number of hydrogen-bond acceptors (Lipinski definition) is 6. The van der Waals surface area contributed by atoms with E-state index in [0.717, 1.165) is 56.1 Å². The molecular weight excluding hydrogens is 475 g/mol. The predicted molar refractivity (Wildman–Crippen MR) is 125 cm³/mol. The fraction of sp³-hybridized carbons (Fsp3) is 0.833. The molecule has 9 heteroatoms. The molecule has 0 saturated carbocycles. The van der Waals surface area contributed by atoms with Crippen molar-refractivity contribution in [2.45, 2.75) is 47.1 Å². The second-order valence-corrected chi connectivity index (χ2v) is 8.34. The maximum Gasteiger partial charge on any atom is 0.205 e. The van der Waals surface area contributed by atoms with Gasteiger partial charge in [0.15, 0.2) is 5.96 Å². The second-order valence-electron chi connectivity index (χ2n) is 7.61. The summed E-state index contributed by atoms with van der Waals surface area (Å²) < 4.78 is 10.0. The normalized spacial score (nSPS) is 16.9. The SMILES string of the molecule is CCNC(=NCC(OC)C(C)(C)C)N1CCN(c2nc(CC)ns2)CC1.I. The molecule has 1 unspecified atom stereocenters. The van der Waals surface area contributed by atoms with Crippen LogP contribution in [0.1, 0.15) is 40.4 Å². The largest absolute Gasteiger partial charge is 0.379 e. The highest BCUT2D eigenvalue weighted by atomic mass is 127. The first-order valence-electron chi connectivity index (χ1n) is 9.52. The van der Waals surface area contributed by atoms with Crippen LogP contribution in [-0.2, 0) is 11.2 Å². The Morgan fingerprint density at radius 3 is 2.41 bits per heavy atom. The van der Waals surface area contributed by atoms with Gasteiger partial charge < -0.3 is 19.9 Å². The first kappa shape index (κ1) is 24.4. The van der Waals surface area contributed by atoms with Gasteiger partial charge in [0, 0.05) is 57.8 Å². The number of ether oxygens (including phenoxy) is 1. The van der Waals surface area contributed by atoms with Crippen molar-refractivity contribution >= 4 is 46.6 Å². The Balaban J connectivity index is 0.00000364. The number of hydrogen-bond donors (Lipinski definition) is 1. The van der Waals surface area contributed by atoms with Gasteiger partial charge in [0.05, 0.1) is 12.6 Å². The van der Waals surface area contributed by atoms with Crippen LogP contribution < -0.4 is 10.2 Å². The monoisotopic (exact) mass is 510 g/mol. The molecule has 0 amide bonds. The molecule has 2 rings (SSSR count). The summed E-state index contributed by atoms with van der Waals surface area (Å²) in [5.41, 5.74) is 0.0725. The van der Waals surface area contributed by atoms with Gasteiger partial charge in [0.1, 0.15) is 5.82 Å². The molecule has 0 radical (unpaired) electrons. The van der Waals surface area contributed by atoms with Crippen LogP contribution in [0.3, 0.4) is 0 Å². The molecule has 1 aliphatic rings. The minimum absolute atomic E-state index is 0. The first-order chi connectivity index (χ1) is 12.4. The Bertz CT molecular complexity index is 581. The Kier molecular flexibility index (Phi) is 10.2. The second kappa shape index (κ2) is 11.4. The van der Waals surface area contributed by atoms with Crippen LogP contribution in [0, 0.1) is 5.41 Å². The lowest BCUT2D eigenvalue weighted by Gasteiger charge is -2.36. The third-order valence-electron chi connectivity index (χ3n) is 4.62. The van der Waals surface area contributed by atoms with E-state index in [1.54, 1.807) is 7.11 Å². The topological polar surface area (TPSA) is 65.9 Å². The molecule has 1 aromatic heterocycles. The highest BCUT2D eigenvalue weighted by Crippen LogP contribution is 2.22. The molecule has 156 valence electrons. The molecule has 1 saturated heterocycles. The van der Waals surface area contributed by atoms with Gasteiger partial charge in [-0.15, -0.1) is 24.0 Å². The van der Waals surface area contributed by atoms with Gasteiger partial charge in [-0.05, 0) is 12.3 Å². The number of aromatic nitrogens is 2. The average molecular weight is 510 g/mol. The van der Waals surface area contributed by atoms with Crippen molar-refractivity contribution in [3.63, 3.8) is 0 Å². The molecular formula is C18H35IN6OS. The van der Waals surface area contributed by atoms with E-state index in [4.69, 9.17) is 9.73 Å². The number of guanidine groups is 1. The minimum atomic E-state index is 0. The van der Waals surface area contributed by atoms with Gasteiger partial charge in [0.25, 0.3) is 0 Å². The molecule has 1 aliphatic heterocycles. The number of aryl methyl sites for hydroxylation is 1. The molecule has 1 fully saturated rings. The fourth-order valence-corrected chi connectivity index (χ4v) is 3.72. The predicted octanol–water partition coefficient (Wildman–Crippen LogP) is 2.87. The van der Waals surface area contributed by atoms with Crippen LogP contribution in [-0.4, -0.2) is 72.7 Å².